The molecule has 1 aliphatic rings. The maximum Gasteiger partial charge on any atom is 0.119 e. The average Bonchev–Trinajstić information content (AvgIpc) is 2.89. The first-order valence-electron chi connectivity index (χ1n) is 12.4. The minimum atomic E-state index is -0.489. The lowest BCUT2D eigenvalue weighted by Gasteiger charge is -2.36. The first-order valence-corrected chi connectivity index (χ1v) is 12.4. The first-order chi connectivity index (χ1) is 16.7. The summed E-state index contributed by atoms with van der Waals surface area (Å²) in [6.07, 6.45) is 0.415. The van der Waals surface area contributed by atoms with Crippen molar-refractivity contribution >= 4 is 0 Å². The SMILES string of the molecule is CC(Cc1ccc(OCCN2CCNCC2c2ccccc2)cc1)NCC(O)c1ccccc1. The fraction of sp³-hybridized carbons (Fsp3) is 0.379. The molecule has 3 aromatic rings. The van der Waals surface area contributed by atoms with Gasteiger partial charge in [-0.1, -0.05) is 72.8 Å². The van der Waals surface area contributed by atoms with Crippen molar-refractivity contribution in [3.05, 3.63) is 102 Å². The van der Waals surface area contributed by atoms with Gasteiger partial charge in [-0.3, -0.25) is 4.90 Å². The average molecular weight is 460 g/mol. The van der Waals surface area contributed by atoms with Crippen LogP contribution in [0, 0.1) is 0 Å². The largest absolute Gasteiger partial charge is 0.492 e. The molecule has 1 saturated heterocycles. The molecule has 4 rings (SSSR count). The van der Waals surface area contributed by atoms with E-state index in [0.717, 1.165) is 43.9 Å². The quantitative estimate of drug-likeness (QED) is 0.405. The predicted molar refractivity (Wildman–Crippen MR) is 138 cm³/mol. The number of hydrogen-bond donors (Lipinski definition) is 3. The lowest BCUT2D eigenvalue weighted by molar-refractivity contribution is 0.134. The fourth-order valence-corrected chi connectivity index (χ4v) is 4.55. The van der Waals surface area contributed by atoms with Crippen LogP contribution in [0.25, 0.3) is 0 Å². The van der Waals surface area contributed by atoms with E-state index in [9.17, 15) is 5.11 Å². The number of aliphatic hydroxyl groups excluding tert-OH is 1. The molecule has 3 unspecified atom stereocenters. The van der Waals surface area contributed by atoms with E-state index in [0.29, 0.717) is 19.2 Å². The van der Waals surface area contributed by atoms with E-state index >= 15 is 0 Å². The van der Waals surface area contributed by atoms with Gasteiger partial charge < -0.3 is 20.5 Å². The Morgan fingerprint density at radius 1 is 1.00 bits per heavy atom. The van der Waals surface area contributed by atoms with Crippen LogP contribution >= 0.6 is 0 Å². The summed E-state index contributed by atoms with van der Waals surface area (Å²) in [5.74, 6) is 0.912. The van der Waals surface area contributed by atoms with Gasteiger partial charge in [-0.25, -0.2) is 0 Å². The van der Waals surface area contributed by atoms with Crippen LogP contribution in [0.3, 0.4) is 0 Å². The third kappa shape index (κ3) is 7.15. The van der Waals surface area contributed by atoms with E-state index in [2.05, 4.69) is 77.1 Å². The molecule has 0 spiro atoms. The third-order valence-corrected chi connectivity index (χ3v) is 6.50. The number of nitrogens with zero attached hydrogens (tertiary/aromatic N) is 1. The van der Waals surface area contributed by atoms with Gasteiger partial charge in [-0.15, -0.1) is 0 Å². The molecule has 3 N–H and O–H groups in total. The van der Waals surface area contributed by atoms with Crippen LogP contribution in [0.1, 0.15) is 35.8 Å². The Morgan fingerprint density at radius 3 is 2.44 bits per heavy atom. The molecule has 0 amide bonds. The molecule has 0 aliphatic carbocycles. The van der Waals surface area contributed by atoms with Crippen molar-refractivity contribution in [1.82, 2.24) is 15.5 Å². The van der Waals surface area contributed by atoms with Crippen LogP contribution in [0.15, 0.2) is 84.9 Å². The molecule has 1 aliphatic heterocycles. The van der Waals surface area contributed by atoms with Gasteiger partial charge in [0.2, 0.25) is 0 Å². The van der Waals surface area contributed by atoms with Crippen LogP contribution in [0.5, 0.6) is 5.75 Å². The van der Waals surface area contributed by atoms with E-state index in [1.165, 1.54) is 11.1 Å². The predicted octanol–water partition coefficient (Wildman–Crippen LogP) is 3.97. The molecule has 34 heavy (non-hydrogen) atoms. The van der Waals surface area contributed by atoms with E-state index < -0.39 is 6.10 Å². The molecule has 1 fully saturated rings. The number of benzene rings is 3. The zero-order valence-electron chi connectivity index (χ0n) is 20.1. The Morgan fingerprint density at radius 2 is 1.71 bits per heavy atom. The van der Waals surface area contributed by atoms with Crippen LogP contribution < -0.4 is 15.4 Å². The molecular weight excluding hydrogens is 422 g/mol. The Labute approximate surface area is 203 Å². The summed E-state index contributed by atoms with van der Waals surface area (Å²) in [6.45, 7) is 7.32. The monoisotopic (exact) mass is 459 g/mol. The lowest BCUT2D eigenvalue weighted by atomic mass is 10.0. The van der Waals surface area contributed by atoms with Crippen LogP contribution in [-0.2, 0) is 6.42 Å². The number of rotatable bonds is 11. The van der Waals surface area contributed by atoms with E-state index in [1.54, 1.807) is 0 Å². The first kappa shape index (κ1) is 24.4. The van der Waals surface area contributed by atoms with E-state index in [4.69, 9.17) is 4.74 Å². The van der Waals surface area contributed by atoms with Crippen LogP contribution in [-0.4, -0.2) is 55.4 Å². The van der Waals surface area contributed by atoms with Crippen molar-refractivity contribution in [2.45, 2.75) is 31.5 Å². The van der Waals surface area contributed by atoms with Crippen molar-refractivity contribution in [1.29, 1.82) is 0 Å². The van der Waals surface area contributed by atoms with Gasteiger partial charge in [0, 0.05) is 44.8 Å². The second-order valence-corrected chi connectivity index (χ2v) is 9.10. The second-order valence-electron chi connectivity index (χ2n) is 9.10. The highest BCUT2D eigenvalue weighted by molar-refractivity contribution is 5.28. The molecule has 0 saturated carbocycles. The van der Waals surface area contributed by atoms with Crippen molar-refractivity contribution in [3.8, 4) is 5.75 Å². The minimum Gasteiger partial charge on any atom is -0.492 e. The van der Waals surface area contributed by atoms with Crippen molar-refractivity contribution < 1.29 is 9.84 Å². The van der Waals surface area contributed by atoms with Gasteiger partial charge in [0.25, 0.3) is 0 Å². The molecule has 1 heterocycles. The summed E-state index contributed by atoms with van der Waals surface area (Å²) in [4.78, 5) is 2.51. The molecule has 180 valence electrons. The summed E-state index contributed by atoms with van der Waals surface area (Å²) in [6, 6.07) is 29.6. The molecular formula is C29H37N3O2. The molecule has 0 radical (unpaired) electrons. The summed E-state index contributed by atoms with van der Waals surface area (Å²) in [5, 5.41) is 17.3. The zero-order chi connectivity index (χ0) is 23.6. The highest BCUT2D eigenvalue weighted by atomic mass is 16.5. The molecule has 3 atom stereocenters. The van der Waals surface area contributed by atoms with E-state index in [-0.39, 0.29) is 6.04 Å². The fourth-order valence-electron chi connectivity index (χ4n) is 4.55. The summed E-state index contributed by atoms with van der Waals surface area (Å²) < 4.78 is 6.07. The van der Waals surface area contributed by atoms with Crippen LogP contribution in [0.2, 0.25) is 0 Å². The molecule has 5 heteroatoms. The molecule has 0 aromatic heterocycles. The van der Waals surface area contributed by atoms with Gasteiger partial charge in [0.1, 0.15) is 12.4 Å². The number of nitrogens with one attached hydrogen (secondary N) is 2. The third-order valence-electron chi connectivity index (χ3n) is 6.50. The van der Waals surface area contributed by atoms with Crippen molar-refractivity contribution in [2.75, 3.05) is 39.3 Å². The number of aliphatic hydroxyl groups is 1. The molecule has 3 aromatic carbocycles. The van der Waals surface area contributed by atoms with Gasteiger partial charge in [0.15, 0.2) is 0 Å². The van der Waals surface area contributed by atoms with Gasteiger partial charge in [-0.05, 0) is 42.2 Å². The smallest absolute Gasteiger partial charge is 0.119 e. The highest BCUT2D eigenvalue weighted by Crippen LogP contribution is 2.22. The summed E-state index contributed by atoms with van der Waals surface area (Å²) >= 11 is 0. The summed E-state index contributed by atoms with van der Waals surface area (Å²) in [7, 11) is 0. The molecule has 5 nitrogen and oxygen atoms in total. The highest BCUT2D eigenvalue weighted by Gasteiger charge is 2.23. The summed E-state index contributed by atoms with van der Waals surface area (Å²) in [5.41, 5.74) is 3.56. The topological polar surface area (TPSA) is 56.8 Å². The zero-order valence-corrected chi connectivity index (χ0v) is 20.1. The Kier molecular flexibility index (Phi) is 9.11. The van der Waals surface area contributed by atoms with E-state index in [1.807, 2.05) is 30.3 Å². The standard InChI is InChI=1S/C29H37N3O2/c1-23(31-22-29(33)26-10-6-3-7-11-26)20-24-12-14-27(15-13-24)34-19-18-32-17-16-30-21-28(32)25-8-4-2-5-9-25/h2-15,23,28-31,33H,16-22H2,1H3. The normalized spacial score (nSPS) is 18.4. The second kappa shape index (κ2) is 12.7. The van der Waals surface area contributed by atoms with Gasteiger partial charge >= 0.3 is 0 Å². The lowest BCUT2D eigenvalue weighted by Crippen LogP contribution is -2.47. The Balaban J connectivity index is 1.20. The van der Waals surface area contributed by atoms with Crippen molar-refractivity contribution in [2.24, 2.45) is 0 Å². The minimum absolute atomic E-state index is 0.271. The maximum absolute atomic E-state index is 10.3. The van der Waals surface area contributed by atoms with Crippen molar-refractivity contribution in [3.63, 3.8) is 0 Å². The number of ether oxygens (including phenoxy) is 1. The Bertz CT molecular complexity index is 966. The Hall–Kier alpha value is -2.70. The van der Waals surface area contributed by atoms with Crippen LogP contribution in [0.4, 0.5) is 0 Å². The number of hydrogen-bond acceptors (Lipinski definition) is 5. The molecule has 0 bridgehead atoms. The maximum atomic E-state index is 10.3. The van der Waals surface area contributed by atoms with Gasteiger partial charge in [-0.2, -0.15) is 0 Å². The number of piperazine rings is 1. The van der Waals surface area contributed by atoms with Gasteiger partial charge in [0.05, 0.1) is 6.10 Å².